The molecule has 3 nitrogen and oxygen atoms in total. The van der Waals surface area contributed by atoms with Gasteiger partial charge < -0.3 is 4.90 Å². The maximum atomic E-state index is 13.2. The number of thioether (sulfide) groups is 1. The van der Waals surface area contributed by atoms with E-state index in [1.54, 1.807) is 6.07 Å². The molecule has 1 aromatic carbocycles. The van der Waals surface area contributed by atoms with Crippen LogP contribution in [-0.4, -0.2) is 41.5 Å². The first kappa shape index (κ1) is 15.4. The van der Waals surface area contributed by atoms with Crippen LogP contribution in [0.4, 0.5) is 4.39 Å². The van der Waals surface area contributed by atoms with Crippen LogP contribution in [0.25, 0.3) is 10.6 Å². The fourth-order valence-electron chi connectivity index (χ4n) is 1.62. The third-order valence-electron chi connectivity index (χ3n) is 2.77. The number of halogens is 1. The van der Waals surface area contributed by atoms with Crippen LogP contribution in [0.1, 0.15) is 17.2 Å². The van der Waals surface area contributed by atoms with E-state index in [1.807, 2.05) is 17.8 Å². The topological polar surface area (TPSA) is 29.0 Å². The van der Waals surface area contributed by atoms with E-state index in [0.717, 1.165) is 27.9 Å². The minimum absolute atomic E-state index is 0.243. The average Bonchev–Trinajstić information content (AvgIpc) is 2.87. The molecule has 0 aliphatic rings. The molecule has 0 amide bonds. The average molecular weight is 311 g/mol. The summed E-state index contributed by atoms with van der Waals surface area (Å²) in [7, 11) is 4.14. The summed E-state index contributed by atoms with van der Waals surface area (Å²) in [6.45, 7) is 3.18. The van der Waals surface area contributed by atoms with Crippen molar-refractivity contribution in [1.82, 2.24) is 15.1 Å². The van der Waals surface area contributed by atoms with Crippen molar-refractivity contribution in [2.75, 3.05) is 26.4 Å². The molecule has 0 saturated carbocycles. The van der Waals surface area contributed by atoms with Crippen LogP contribution in [0.2, 0.25) is 0 Å². The summed E-state index contributed by atoms with van der Waals surface area (Å²) >= 11 is 3.40. The normalized spacial score (nSPS) is 12.8. The van der Waals surface area contributed by atoms with Crippen LogP contribution in [0, 0.1) is 5.82 Å². The van der Waals surface area contributed by atoms with Gasteiger partial charge in [0.25, 0.3) is 0 Å². The first-order valence-corrected chi connectivity index (χ1v) is 8.28. The fourth-order valence-corrected chi connectivity index (χ4v) is 3.75. The molecule has 0 bridgehead atoms. The van der Waals surface area contributed by atoms with Crippen molar-refractivity contribution in [3.8, 4) is 10.6 Å². The highest BCUT2D eigenvalue weighted by Crippen LogP contribution is 2.33. The second-order valence-corrected chi connectivity index (χ2v) is 7.23. The smallest absolute Gasteiger partial charge is 0.147 e. The van der Waals surface area contributed by atoms with E-state index in [1.165, 1.54) is 23.5 Å². The maximum Gasteiger partial charge on any atom is 0.147 e. The minimum atomic E-state index is -0.243. The summed E-state index contributed by atoms with van der Waals surface area (Å²) in [6, 6.07) is 6.48. The van der Waals surface area contributed by atoms with Crippen molar-refractivity contribution in [1.29, 1.82) is 0 Å². The number of rotatable bonds is 6. The molecule has 1 unspecified atom stereocenters. The molecular formula is C14H18FN3S2. The Balaban J connectivity index is 2.01. The summed E-state index contributed by atoms with van der Waals surface area (Å²) in [5, 5.41) is 10.5. The van der Waals surface area contributed by atoms with Gasteiger partial charge in [-0.2, -0.15) is 11.8 Å². The molecule has 20 heavy (non-hydrogen) atoms. The molecule has 108 valence electrons. The molecule has 2 aromatic rings. The largest absolute Gasteiger partial charge is 0.309 e. The Morgan fingerprint density at radius 3 is 2.85 bits per heavy atom. The van der Waals surface area contributed by atoms with Gasteiger partial charge in [-0.05, 0) is 33.2 Å². The van der Waals surface area contributed by atoms with Crippen LogP contribution in [0.3, 0.4) is 0 Å². The van der Waals surface area contributed by atoms with Gasteiger partial charge in [-0.3, -0.25) is 0 Å². The molecule has 0 saturated heterocycles. The van der Waals surface area contributed by atoms with E-state index in [-0.39, 0.29) is 5.82 Å². The Labute approximate surface area is 127 Å². The fraction of sp³-hybridized carbons (Fsp3) is 0.429. The Kier molecular flexibility index (Phi) is 5.51. The molecule has 2 rings (SSSR count). The molecule has 0 fully saturated rings. The van der Waals surface area contributed by atoms with E-state index in [0.29, 0.717) is 5.25 Å². The lowest BCUT2D eigenvalue weighted by atomic mass is 10.2. The zero-order valence-corrected chi connectivity index (χ0v) is 13.5. The van der Waals surface area contributed by atoms with Crippen molar-refractivity contribution in [3.63, 3.8) is 0 Å². The van der Waals surface area contributed by atoms with Crippen molar-refractivity contribution in [2.45, 2.75) is 12.2 Å². The van der Waals surface area contributed by atoms with Crippen molar-refractivity contribution in [3.05, 3.63) is 35.1 Å². The van der Waals surface area contributed by atoms with Crippen molar-refractivity contribution < 1.29 is 4.39 Å². The van der Waals surface area contributed by atoms with Gasteiger partial charge in [0.2, 0.25) is 0 Å². The van der Waals surface area contributed by atoms with E-state index >= 15 is 0 Å². The molecule has 1 heterocycles. The van der Waals surface area contributed by atoms with Crippen molar-refractivity contribution in [2.24, 2.45) is 0 Å². The van der Waals surface area contributed by atoms with Gasteiger partial charge in [0.1, 0.15) is 15.8 Å². The van der Waals surface area contributed by atoms with Gasteiger partial charge in [-0.1, -0.05) is 23.5 Å². The van der Waals surface area contributed by atoms with E-state index in [9.17, 15) is 4.39 Å². The van der Waals surface area contributed by atoms with Crippen LogP contribution in [0.15, 0.2) is 24.3 Å². The Morgan fingerprint density at radius 2 is 2.15 bits per heavy atom. The standard InChI is InChI=1S/C14H18FN3S2/c1-10(19-8-7-18(2)3)13-16-17-14(20-13)11-5-4-6-12(15)9-11/h4-6,9-10H,7-8H2,1-3H3. The Hall–Kier alpha value is -0.980. The number of aromatic nitrogens is 2. The van der Waals surface area contributed by atoms with Crippen LogP contribution in [0.5, 0.6) is 0 Å². The number of nitrogens with zero attached hydrogens (tertiary/aromatic N) is 3. The van der Waals surface area contributed by atoms with Gasteiger partial charge in [0.15, 0.2) is 0 Å². The number of benzene rings is 1. The zero-order chi connectivity index (χ0) is 14.5. The summed E-state index contributed by atoms with van der Waals surface area (Å²) in [6.07, 6.45) is 0. The second kappa shape index (κ2) is 7.15. The number of hydrogen-bond donors (Lipinski definition) is 0. The van der Waals surface area contributed by atoms with Crippen molar-refractivity contribution >= 4 is 23.1 Å². The van der Waals surface area contributed by atoms with E-state index < -0.39 is 0 Å². The third-order valence-corrected chi connectivity index (χ3v) is 5.21. The van der Waals surface area contributed by atoms with Gasteiger partial charge >= 0.3 is 0 Å². The highest BCUT2D eigenvalue weighted by Gasteiger charge is 2.13. The summed E-state index contributed by atoms with van der Waals surface area (Å²) in [5.41, 5.74) is 0.791. The third kappa shape index (κ3) is 4.26. The van der Waals surface area contributed by atoms with Crippen LogP contribution < -0.4 is 0 Å². The molecule has 0 N–H and O–H groups in total. The van der Waals surface area contributed by atoms with Crippen LogP contribution >= 0.6 is 23.1 Å². The molecule has 0 aliphatic carbocycles. The summed E-state index contributed by atoms with van der Waals surface area (Å²) < 4.78 is 13.2. The highest BCUT2D eigenvalue weighted by molar-refractivity contribution is 7.99. The predicted octanol–water partition coefficient (Wildman–Crippen LogP) is 3.70. The van der Waals surface area contributed by atoms with E-state index in [4.69, 9.17) is 0 Å². The first-order valence-electron chi connectivity index (χ1n) is 6.42. The highest BCUT2D eigenvalue weighted by atomic mass is 32.2. The first-order chi connectivity index (χ1) is 9.56. The molecule has 6 heteroatoms. The SMILES string of the molecule is CC(SCCN(C)C)c1nnc(-c2cccc(F)c2)s1. The zero-order valence-electron chi connectivity index (χ0n) is 11.8. The monoisotopic (exact) mass is 311 g/mol. The molecule has 0 spiro atoms. The summed E-state index contributed by atoms with van der Waals surface area (Å²) in [5.74, 6) is 0.816. The van der Waals surface area contributed by atoms with Gasteiger partial charge in [-0.15, -0.1) is 10.2 Å². The lowest BCUT2D eigenvalue weighted by molar-refractivity contribution is 0.437. The van der Waals surface area contributed by atoms with E-state index in [2.05, 4.69) is 36.1 Å². The molecular weight excluding hydrogens is 293 g/mol. The quantitative estimate of drug-likeness (QED) is 0.813. The maximum absolute atomic E-state index is 13.2. The Bertz CT molecular complexity index is 557. The van der Waals surface area contributed by atoms with Gasteiger partial charge in [0, 0.05) is 17.9 Å². The Morgan fingerprint density at radius 1 is 1.35 bits per heavy atom. The molecule has 0 radical (unpaired) electrons. The summed E-state index contributed by atoms with van der Waals surface area (Å²) in [4.78, 5) is 2.16. The molecule has 1 aromatic heterocycles. The lowest BCUT2D eigenvalue weighted by Gasteiger charge is -2.11. The van der Waals surface area contributed by atoms with Gasteiger partial charge in [-0.25, -0.2) is 4.39 Å². The minimum Gasteiger partial charge on any atom is -0.309 e. The van der Waals surface area contributed by atoms with Crippen LogP contribution in [-0.2, 0) is 0 Å². The molecule has 0 aliphatic heterocycles. The lowest BCUT2D eigenvalue weighted by Crippen LogP contribution is -2.15. The second-order valence-electron chi connectivity index (χ2n) is 4.77. The molecule has 1 atom stereocenters. The predicted molar refractivity (Wildman–Crippen MR) is 84.7 cm³/mol. The van der Waals surface area contributed by atoms with Gasteiger partial charge in [0.05, 0.1) is 5.25 Å². The number of hydrogen-bond acceptors (Lipinski definition) is 5.